The van der Waals surface area contributed by atoms with E-state index in [0.29, 0.717) is 25.4 Å². The molecule has 0 radical (unpaired) electrons. The lowest BCUT2D eigenvalue weighted by Gasteiger charge is -2.21. The number of hydrogen-bond donors (Lipinski definition) is 1. The maximum absolute atomic E-state index is 13.6. The maximum Gasteiger partial charge on any atom is 0.356 e. The summed E-state index contributed by atoms with van der Waals surface area (Å²) in [5, 5.41) is 0. The molecular formula is C34H56N5O6P. The molecule has 3 unspecified atom stereocenters. The number of amidine groups is 1. The van der Waals surface area contributed by atoms with Crippen molar-refractivity contribution in [1.82, 2.24) is 4.90 Å². The number of nitrogens with two attached hydrogens (primary N) is 1. The van der Waals surface area contributed by atoms with E-state index >= 15 is 0 Å². The first-order chi connectivity index (χ1) is 22.4. The van der Waals surface area contributed by atoms with Gasteiger partial charge in [0, 0.05) is 13.2 Å². The number of carbonyl (C=O) groups excluding carboxylic acids is 1. The first kappa shape index (κ1) is 38.0. The van der Waals surface area contributed by atoms with Gasteiger partial charge in [0.25, 0.3) is 5.91 Å². The Kier molecular flexibility index (Phi) is 18.3. The fraction of sp³-hybridized carbons (Fsp3) is 0.706. The Bertz CT molecular complexity index is 1150. The second-order valence-corrected chi connectivity index (χ2v) is 14.1. The molecule has 1 aromatic carbocycles. The van der Waals surface area contributed by atoms with Crippen LogP contribution in [0.1, 0.15) is 109 Å². The van der Waals surface area contributed by atoms with Crippen molar-refractivity contribution in [2.45, 2.75) is 122 Å². The van der Waals surface area contributed by atoms with E-state index in [2.05, 4.69) is 28.8 Å². The van der Waals surface area contributed by atoms with Gasteiger partial charge in [-0.3, -0.25) is 14.4 Å². The Hall–Kier alpha value is -2.43. The molecule has 3 rings (SSSR count). The normalized spacial score (nSPS) is 17.9. The molecule has 0 saturated carbocycles. The molecule has 1 aromatic rings. The molecule has 2 aliphatic heterocycles. The third kappa shape index (κ3) is 15.0. The number of ether oxygens (including phenoxy) is 2. The van der Waals surface area contributed by atoms with E-state index in [9.17, 15) is 9.36 Å². The van der Waals surface area contributed by atoms with E-state index in [1.165, 1.54) is 83.4 Å². The molecule has 0 saturated heterocycles. The standard InChI is InChI=1S/C34H56N5O6P/c1-3-4-5-6-7-8-9-10-11-12-13-15-19-29(2)43-23-18-24-44-46(41,45-26-30-20-16-14-17-21-30)28-42-25-22-39-27-36-31-32(39)37-34(35)38-33(31)40/h14,16-17,20-21,27,29,31H,3-13,15,18-19,22-26,28H2,1-2H3,(H2,35,38,40). The predicted molar refractivity (Wildman–Crippen MR) is 184 cm³/mol. The van der Waals surface area contributed by atoms with Gasteiger partial charge in [-0.05, 0) is 25.3 Å². The molecule has 258 valence electrons. The summed E-state index contributed by atoms with van der Waals surface area (Å²) in [5.41, 5.74) is 6.52. The van der Waals surface area contributed by atoms with Crippen molar-refractivity contribution < 1.29 is 27.9 Å². The van der Waals surface area contributed by atoms with Crippen molar-refractivity contribution in [1.29, 1.82) is 0 Å². The number of hydrogen-bond acceptors (Lipinski definition) is 10. The second-order valence-electron chi connectivity index (χ2n) is 12.1. The molecule has 46 heavy (non-hydrogen) atoms. The lowest BCUT2D eigenvalue weighted by Crippen LogP contribution is -2.41. The van der Waals surface area contributed by atoms with Crippen LogP contribution < -0.4 is 5.73 Å². The summed E-state index contributed by atoms with van der Waals surface area (Å²) in [6.07, 6.45) is 19.3. The van der Waals surface area contributed by atoms with Crippen molar-refractivity contribution in [3.63, 3.8) is 0 Å². The van der Waals surface area contributed by atoms with Crippen LogP contribution in [0.5, 0.6) is 0 Å². The zero-order valence-corrected chi connectivity index (χ0v) is 28.9. The highest BCUT2D eigenvalue weighted by Gasteiger charge is 2.35. The monoisotopic (exact) mass is 661 g/mol. The van der Waals surface area contributed by atoms with Crippen LogP contribution in [0, 0.1) is 0 Å². The van der Waals surface area contributed by atoms with Crippen molar-refractivity contribution >= 4 is 31.6 Å². The van der Waals surface area contributed by atoms with Crippen LogP contribution >= 0.6 is 7.60 Å². The van der Waals surface area contributed by atoms with Crippen LogP contribution in [0.25, 0.3) is 0 Å². The highest BCUT2D eigenvalue weighted by Crippen LogP contribution is 2.49. The molecule has 2 aliphatic rings. The highest BCUT2D eigenvalue weighted by molar-refractivity contribution is 7.53. The summed E-state index contributed by atoms with van der Waals surface area (Å²) in [7, 11) is -3.55. The first-order valence-electron chi connectivity index (χ1n) is 17.3. The molecule has 2 N–H and O–H groups in total. The van der Waals surface area contributed by atoms with Crippen LogP contribution in [-0.4, -0.2) is 73.8 Å². The SMILES string of the molecule is CCCCCCCCCCCCCCC(C)OCCCOP(=O)(COCCN1C=NC2C(=O)N=C(N)N=C21)OCc1ccccc1. The fourth-order valence-electron chi connectivity index (χ4n) is 5.32. The second kappa shape index (κ2) is 22.2. The van der Waals surface area contributed by atoms with Gasteiger partial charge in [-0.25, -0.2) is 0 Å². The molecule has 2 heterocycles. The summed E-state index contributed by atoms with van der Waals surface area (Å²) in [5.74, 6) is -0.131. The Morgan fingerprint density at radius 2 is 1.54 bits per heavy atom. The third-order valence-electron chi connectivity index (χ3n) is 8.02. The van der Waals surface area contributed by atoms with E-state index in [0.717, 1.165) is 12.0 Å². The van der Waals surface area contributed by atoms with Gasteiger partial charge in [0.05, 0.1) is 32.3 Å². The van der Waals surface area contributed by atoms with E-state index in [1.54, 1.807) is 4.90 Å². The summed E-state index contributed by atoms with van der Waals surface area (Å²) in [4.78, 5) is 25.6. The number of carbonyl (C=O) groups is 1. The minimum Gasteiger partial charge on any atom is -0.378 e. The maximum atomic E-state index is 13.6. The van der Waals surface area contributed by atoms with Gasteiger partial charge in [0.1, 0.15) is 12.2 Å². The fourth-order valence-corrected chi connectivity index (χ4v) is 6.65. The first-order valence-corrected chi connectivity index (χ1v) is 19.0. The lowest BCUT2D eigenvalue weighted by molar-refractivity contribution is -0.117. The zero-order valence-electron chi connectivity index (χ0n) is 28.0. The number of guanidine groups is 1. The largest absolute Gasteiger partial charge is 0.378 e. The molecule has 12 heteroatoms. The van der Waals surface area contributed by atoms with Crippen LogP contribution in [0.4, 0.5) is 0 Å². The Morgan fingerprint density at radius 1 is 0.870 bits per heavy atom. The van der Waals surface area contributed by atoms with E-state index in [1.807, 2.05) is 30.3 Å². The van der Waals surface area contributed by atoms with Crippen molar-refractivity contribution in [2.24, 2.45) is 20.7 Å². The molecule has 1 amide bonds. The van der Waals surface area contributed by atoms with Crippen molar-refractivity contribution in [2.75, 3.05) is 32.7 Å². The molecule has 11 nitrogen and oxygen atoms in total. The molecule has 0 fully saturated rings. The Labute approximate surface area is 276 Å². The summed E-state index contributed by atoms with van der Waals surface area (Å²) >= 11 is 0. The number of fused-ring (bicyclic) bond motifs is 1. The highest BCUT2D eigenvalue weighted by atomic mass is 31.2. The number of amides is 1. The summed E-state index contributed by atoms with van der Waals surface area (Å²) in [6, 6.07) is 8.75. The molecular weight excluding hydrogens is 605 g/mol. The van der Waals surface area contributed by atoms with Gasteiger partial charge in [0.15, 0.2) is 6.04 Å². The predicted octanol–water partition coefficient (Wildman–Crippen LogP) is 7.24. The number of aliphatic imine (C=N–C) groups is 3. The van der Waals surface area contributed by atoms with Gasteiger partial charge in [-0.2, -0.15) is 9.98 Å². The van der Waals surface area contributed by atoms with Gasteiger partial charge in [-0.15, -0.1) is 0 Å². The third-order valence-corrected chi connectivity index (χ3v) is 9.62. The summed E-state index contributed by atoms with van der Waals surface area (Å²) in [6.45, 7) is 5.81. The quantitative estimate of drug-likeness (QED) is 0.0770. The van der Waals surface area contributed by atoms with Crippen molar-refractivity contribution in [3.8, 4) is 0 Å². The molecule has 0 aliphatic carbocycles. The number of rotatable bonds is 27. The van der Waals surface area contributed by atoms with Crippen LogP contribution in [-0.2, 0) is 34.5 Å². The Balaban J connectivity index is 1.28. The van der Waals surface area contributed by atoms with Crippen molar-refractivity contribution in [3.05, 3.63) is 35.9 Å². The van der Waals surface area contributed by atoms with Gasteiger partial charge < -0.3 is 29.2 Å². The Morgan fingerprint density at radius 3 is 2.24 bits per heavy atom. The van der Waals surface area contributed by atoms with Gasteiger partial charge >= 0.3 is 7.60 Å². The minimum absolute atomic E-state index is 0.0948. The van der Waals surface area contributed by atoms with Gasteiger partial charge in [-0.1, -0.05) is 114 Å². The topological polar surface area (TPSA) is 137 Å². The van der Waals surface area contributed by atoms with Crippen LogP contribution in [0.2, 0.25) is 0 Å². The number of unbranched alkanes of at least 4 members (excludes halogenated alkanes) is 11. The summed E-state index contributed by atoms with van der Waals surface area (Å²) < 4.78 is 36.9. The number of benzene rings is 1. The zero-order chi connectivity index (χ0) is 32.9. The lowest BCUT2D eigenvalue weighted by atomic mass is 10.0. The van der Waals surface area contributed by atoms with E-state index < -0.39 is 19.5 Å². The molecule has 3 atom stereocenters. The van der Waals surface area contributed by atoms with E-state index in [4.69, 9.17) is 24.3 Å². The smallest absolute Gasteiger partial charge is 0.356 e. The van der Waals surface area contributed by atoms with Crippen LogP contribution in [0.3, 0.4) is 0 Å². The average molecular weight is 662 g/mol. The molecule has 0 bridgehead atoms. The van der Waals surface area contributed by atoms with Crippen LogP contribution in [0.15, 0.2) is 45.3 Å². The van der Waals surface area contributed by atoms with Gasteiger partial charge in [0.2, 0.25) is 5.96 Å². The molecule has 0 aromatic heterocycles. The van der Waals surface area contributed by atoms with E-state index in [-0.39, 0.29) is 38.2 Å². The molecule has 0 spiro atoms. The number of nitrogens with zero attached hydrogens (tertiary/aromatic N) is 4. The average Bonchev–Trinajstić information content (AvgIpc) is 3.46. The minimum atomic E-state index is -3.55.